The van der Waals surface area contributed by atoms with Gasteiger partial charge < -0.3 is 15.4 Å². The molecule has 0 bridgehead atoms. The van der Waals surface area contributed by atoms with E-state index < -0.39 is 0 Å². The molecule has 2 heterocycles. The first kappa shape index (κ1) is 23.3. The highest BCUT2D eigenvalue weighted by Crippen LogP contribution is 2.40. The number of carbonyl (C=O) groups excluding carboxylic acids is 2. The van der Waals surface area contributed by atoms with Crippen LogP contribution in [0.4, 0.5) is 5.69 Å². The lowest BCUT2D eigenvalue weighted by atomic mass is 9.98. The number of anilines is 1. The van der Waals surface area contributed by atoms with Crippen LogP contribution in [0.3, 0.4) is 0 Å². The van der Waals surface area contributed by atoms with E-state index in [4.69, 9.17) is 16.3 Å². The van der Waals surface area contributed by atoms with Crippen molar-refractivity contribution < 1.29 is 18.8 Å². The Bertz CT molecular complexity index is 1330. The molecule has 0 saturated carbocycles. The van der Waals surface area contributed by atoms with Crippen LogP contribution < -0.4 is 10.6 Å². The number of nitrogens with one attached hydrogen (secondary N) is 2. The SMILES string of the molecule is Cc1cccc(C)c1C(=O)Nc1ccc(C(=O)[N+]23CCOCC2=CNC=C2CC=CC=C23)c(Cl)c1. The summed E-state index contributed by atoms with van der Waals surface area (Å²) in [6.07, 6.45) is 10.6. The van der Waals surface area contributed by atoms with Gasteiger partial charge in [0, 0.05) is 29.1 Å². The van der Waals surface area contributed by atoms with Gasteiger partial charge in [-0.25, -0.2) is 4.79 Å². The fourth-order valence-corrected chi connectivity index (χ4v) is 5.31. The first-order valence-corrected chi connectivity index (χ1v) is 12.0. The first-order chi connectivity index (χ1) is 16.9. The standard InChI is InChI=1S/C28H26ClN3O3/c1-18-6-5-7-19(2)26(18)27(33)31-21-10-11-23(24(29)14-21)28(34)32-12-13-35-17-22(32)16-30-15-20-8-3-4-9-25(20)32/h3-7,9-11,14-16,30H,8,12-13,17H2,1-2H3/p+1. The van der Waals surface area contributed by atoms with E-state index in [1.54, 1.807) is 18.2 Å². The van der Waals surface area contributed by atoms with E-state index in [-0.39, 0.29) is 16.3 Å². The number of ether oxygens (including phenoxy) is 1. The molecule has 2 N–H and O–H groups in total. The fraction of sp³-hybridized carbons (Fsp3) is 0.214. The number of morpholine rings is 1. The third-order valence-electron chi connectivity index (χ3n) is 6.80. The summed E-state index contributed by atoms with van der Waals surface area (Å²) in [5, 5.41) is 6.44. The van der Waals surface area contributed by atoms with Gasteiger partial charge in [-0.05, 0) is 49.6 Å². The van der Waals surface area contributed by atoms with Crippen LogP contribution in [0, 0.1) is 13.8 Å². The maximum Gasteiger partial charge on any atom is 0.357 e. The summed E-state index contributed by atoms with van der Waals surface area (Å²) in [5.74, 6) is -0.322. The van der Waals surface area contributed by atoms with Crippen LogP contribution in [0.1, 0.15) is 38.3 Å². The summed E-state index contributed by atoms with van der Waals surface area (Å²) in [5.41, 5.74) is 6.20. The third kappa shape index (κ3) is 4.04. The number of rotatable bonds is 3. The Morgan fingerprint density at radius 3 is 2.69 bits per heavy atom. The van der Waals surface area contributed by atoms with Crippen LogP contribution in [-0.4, -0.2) is 36.1 Å². The molecule has 3 aliphatic rings. The highest BCUT2D eigenvalue weighted by molar-refractivity contribution is 6.34. The van der Waals surface area contributed by atoms with Gasteiger partial charge in [-0.3, -0.25) is 4.79 Å². The van der Waals surface area contributed by atoms with E-state index in [9.17, 15) is 9.59 Å². The summed E-state index contributed by atoms with van der Waals surface area (Å²) in [6.45, 7) is 5.10. The summed E-state index contributed by atoms with van der Waals surface area (Å²) in [4.78, 5) is 27.2. The number of carbonyl (C=O) groups is 2. The molecule has 1 atom stereocenters. The van der Waals surface area contributed by atoms with Crippen molar-refractivity contribution in [1.82, 2.24) is 5.32 Å². The Kier molecular flexibility index (Phi) is 6.19. The highest BCUT2D eigenvalue weighted by Gasteiger charge is 2.50. The number of aryl methyl sites for hydroxylation is 2. The molecule has 2 aliphatic heterocycles. The van der Waals surface area contributed by atoms with Crippen LogP contribution in [0.15, 0.2) is 84.0 Å². The van der Waals surface area contributed by atoms with Crippen molar-refractivity contribution in [1.29, 1.82) is 0 Å². The summed E-state index contributed by atoms with van der Waals surface area (Å²) < 4.78 is 5.75. The lowest BCUT2D eigenvalue weighted by molar-refractivity contribution is -0.779. The average Bonchev–Trinajstić information content (AvgIpc) is 3.01. The molecule has 2 aromatic carbocycles. The van der Waals surface area contributed by atoms with Gasteiger partial charge in [-0.1, -0.05) is 42.0 Å². The monoisotopic (exact) mass is 488 g/mol. The van der Waals surface area contributed by atoms with Gasteiger partial charge in [0.1, 0.15) is 13.2 Å². The molecule has 0 radical (unpaired) electrons. The zero-order valence-electron chi connectivity index (χ0n) is 19.7. The molecule has 5 rings (SSSR count). The molecule has 2 aromatic rings. The predicted octanol–water partition coefficient (Wildman–Crippen LogP) is 5.37. The van der Waals surface area contributed by atoms with Crippen LogP contribution in [0.25, 0.3) is 0 Å². The normalized spacial score (nSPS) is 20.8. The van der Waals surface area contributed by atoms with E-state index in [2.05, 4.69) is 16.7 Å². The first-order valence-electron chi connectivity index (χ1n) is 11.6. The van der Waals surface area contributed by atoms with Crippen LogP contribution in [-0.2, 0) is 4.74 Å². The molecule has 1 unspecified atom stereocenters. The number of allylic oxidation sites excluding steroid dienone is 4. The molecule has 7 heteroatoms. The minimum atomic E-state index is -0.205. The third-order valence-corrected chi connectivity index (χ3v) is 7.11. The van der Waals surface area contributed by atoms with Crippen molar-refractivity contribution in [3.8, 4) is 0 Å². The number of amides is 2. The Morgan fingerprint density at radius 1 is 1.11 bits per heavy atom. The number of hydrogen-bond donors (Lipinski definition) is 2. The quantitative estimate of drug-likeness (QED) is 0.570. The van der Waals surface area contributed by atoms with Crippen molar-refractivity contribution in [3.63, 3.8) is 0 Å². The van der Waals surface area contributed by atoms with E-state index >= 15 is 0 Å². The number of fused-ring (bicyclic) bond motifs is 3. The molecular weight excluding hydrogens is 462 g/mol. The van der Waals surface area contributed by atoms with Gasteiger partial charge >= 0.3 is 5.91 Å². The molecule has 1 fully saturated rings. The molecule has 35 heavy (non-hydrogen) atoms. The van der Waals surface area contributed by atoms with Crippen LogP contribution >= 0.6 is 11.6 Å². The number of quaternary nitrogens is 1. The molecule has 0 spiro atoms. The van der Waals surface area contributed by atoms with E-state index in [0.29, 0.717) is 41.6 Å². The topological polar surface area (TPSA) is 67.4 Å². The minimum Gasteiger partial charge on any atom is -0.365 e. The second-order valence-electron chi connectivity index (χ2n) is 8.96. The van der Waals surface area contributed by atoms with Crippen molar-refractivity contribution in [2.24, 2.45) is 0 Å². The van der Waals surface area contributed by atoms with Gasteiger partial charge in [0.15, 0.2) is 11.4 Å². The van der Waals surface area contributed by atoms with Gasteiger partial charge in [0.25, 0.3) is 5.91 Å². The molecular formula is C28H27ClN3O3+. The summed E-state index contributed by atoms with van der Waals surface area (Å²) in [7, 11) is 0. The lowest BCUT2D eigenvalue weighted by Crippen LogP contribution is -2.56. The van der Waals surface area contributed by atoms with Crippen LogP contribution in [0.2, 0.25) is 5.02 Å². The predicted molar refractivity (Wildman–Crippen MR) is 137 cm³/mol. The summed E-state index contributed by atoms with van der Waals surface area (Å²) in [6, 6.07) is 10.8. The molecule has 2 amide bonds. The summed E-state index contributed by atoms with van der Waals surface area (Å²) >= 11 is 6.68. The highest BCUT2D eigenvalue weighted by atomic mass is 35.5. The second-order valence-corrected chi connectivity index (χ2v) is 9.37. The number of nitrogens with zero attached hydrogens (tertiary/aromatic N) is 1. The van der Waals surface area contributed by atoms with Gasteiger partial charge in [-0.2, -0.15) is 4.48 Å². The maximum atomic E-state index is 14.2. The Morgan fingerprint density at radius 2 is 1.91 bits per heavy atom. The van der Waals surface area contributed by atoms with Crippen molar-refractivity contribution in [2.75, 3.05) is 25.1 Å². The van der Waals surface area contributed by atoms with Crippen molar-refractivity contribution in [3.05, 3.63) is 111 Å². The maximum absolute atomic E-state index is 14.2. The fourth-order valence-electron chi connectivity index (χ4n) is 5.05. The Labute approximate surface area is 209 Å². The smallest absolute Gasteiger partial charge is 0.357 e. The Balaban J connectivity index is 1.50. The zero-order valence-corrected chi connectivity index (χ0v) is 20.5. The number of hydrogen-bond acceptors (Lipinski definition) is 4. The molecule has 1 saturated heterocycles. The number of benzene rings is 2. The molecule has 1 aliphatic carbocycles. The van der Waals surface area contributed by atoms with Crippen molar-refractivity contribution >= 4 is 29.1 Å². The lowest BCUT2D eigenvalue weighted by Gasteiger charge is -2.41. The number of halogens is 1. The van der Waals surface area contributed by atoms with Gasteiger partial charge in [0.05, 0.1) is 23.4 Å². The average molecular weight is 489 g/mol. The zero-order chi connectivity index (χ0) is 24.6. The Hall–Kier alpha value is -3.45. The molecule has 0 aromatic heterocycles. The van der Waals surface area contributed by atoms with E-state index in [0.717, 1.165) is 34.5 Å². The van der Waals surface area contributed by atoms with Crippen LogP contribution in [0.5, 0.6) is 0 Å². The minimum absolute atomic E-state index is 0.0387. The van der Waals surface area contributed by atoms with E-state index in [1.165, 1.54) is 0 Å². The van der Waals surface area contributed by atoms with Crippen molar-refractivity contribution in [2.45, 2.75) is 20.3 Å². The van der Waals surface area contributed by atoms with E-state index in [1.807, 2.05) is 56.6 Å². The molecule has 178 valence electrons. The van der Waals surface area contributed by atoms with Gasteiger partial charge in [0.2, 0.25) is 0 Å². The largest absolute Gasteiger partial charge is 0.365 e. The molecule has 6 nitrogen and oxygen atoms in total. The second kappa shape index (κ2) is 9.30. The van der Waals surface area contributed by atoms with Gasteiger partial charge in [-0.15, -0.1) is 0 Å².